The lowest BCUT2D eigenvalue weighted by Crippen LogP contribution is -2.40. The van der Waals surface area contributed by atoms with E-state index in [1.165, 1.54) is 0 Å². The first kappa shape index (κ1) is 14.8. The van der Waals surface area contributed by atoms with Crippen LogP contribution in [0.5, 0.6) is 0 Å². The molecular formula is C16H22N4O3. The van der Waals surface area contributed by atoms with Gasteiger partial charge in [0.15, 0.2) is 0 Å². The molecule has 1 aromatic heterocycles. The molecule has 1 spiro atoms. The summed E-state index contributed by atoms with van der Waals surface area (Å²) in [4.78, 5) is 23.2. The molecule has 3 fully saturated rings. The van der Waals surface area contributed by atoms with Gasteiger partial charge in [0, 0.05) is 24.6 Å². The number of hydrogen-bond acceptors (Lipinski definition) is 6. The number of carbonyl (C=O) groups excluding carboxylic acids is 1. The lowest BCUT2D eigenvalue weighted by molar-refractivity contribution is -0.0431. The van der Waals surface area contributed by atoms with E-state index in [1.54, 1.807) is 4.90 Å². The summed E-state index contributed by atoms with van der Waals surface area (Å²) in [6.45, 7) is 4.76. The number of aryl methyl sites for hydroxylation is 1. The van der Waals surface area contributed by atoms with Crippen LogP contribution in [0.4, 0.5) is 10.6 Å². The van der Waals surface area contributed by atoms with Gasteiger partial charge >= 0.3 is 6.09 Å². The summed E-state index contributed by atoms with van der Waals surface area (Å²) in [7, 11) is 0. The van der Waals surface area contributed by atoms with Gasteiger partial charge in [0.25, 0.3) is 0 Å². The van der Waals surface area contributed by atoms with Gasteiger partial charge in [-0.3, -0.25) is 4.90 Å². The normalized spacial score (nSPS) is 26.7. The average molecular weight is 318 g/mol. The summed E-state index contributed by atoms with van der Waals surface area (Å²) in [6, 6.07) is 2.04. The third-order valence-electron chi connectivity index (χ3n) is 4.88. The van der Waals surface area contributed by atoms with Crippen LogP contribution in [-0.4, -0.2) is 48.0 Å². The predicted molar refractivity (Wildman–Crippen MR) is 83.4 cm³/mol. The molecule has 3 aliphatic rings. The van der Waals surface area contributed by atoms with Crippen LogP contribution in [0.2, 0.25) is 0 Å². The summed E-state index contributed by atoms with van der Waals surface area (Å²) < 4.78 is 11.1. The summed E-state index contributed by atoms with van der Waals surface area (Å²) in [5.41, 5.74) is 0.458. The van der Waals surface area contributed by atoms with Gasteiger partial charge in [-0.1, -0.05) is 0 Å². The van der Waals surface area contributed by atoms with Crippen LogP contribution < -0.4 is 10.2 Å². The SMILES string of the molecule is Cc1cc(N2CC3(CCOCC3)OC2=O)nc([C@@H]2CCCN2)n1. The third kappa shape index (κ3) is 2.79. The predicted octanol–water partition coefficient (Wildman–Crippen LogP) is 1.72. The highest BCUT2D eigenvalue weighted by Crippen LogP contribution is 2.35. The second-order valence-corrected chi connectivity index (χ2v) is 6.62. The fourth-order valence-electron chi connectivity index (χ4n) is 3.58. The molecule has 0 aromatic carbocycles. The molecule has 0 radical (unpaired) electrons. The minimum absolute atomic E-state index is 0.185. The van der Waals surface area contributed by atoms with E-state index in [0.717, 1.165) is 43.7 Å². The molecule has 1 aromatic rings. The Hall–Kier alpha value is -1.73. The summed E-state index contributed by atoms with van der Waals surface area (Å²) in [6.07, 6.45) is 3.35. The summed E-state index contributed by atoms with van der Waals surface area (Å²) >= 11 is 0. The number of carbonyl (C=O) groups is 1. The number of amides is 1. The minimum atomic E-state index is -0.417. The van der Waals surface area contributed by atoms with Crippen molar-refractivity contribution in [3.05, 3.63) is 17.6 Å². The van der Waals surface area contributed by atoms with Gasteiger partial charge in [-0.2, -0.15) is 0 Å². The molecule has 1 N–H and O–H groups in total. The van der Waals surface area contributed by atoms with E-state index < -0.39 is 5.60 Å². The second-order valence-electron chi connectivity index (χ2n) is 6.62. The molecule has 23 heavy (non-hydrogen) atoms. The van der Waals surface area contributed by atoms with Crippen molar-refractivity contribution >= 4 is 11.9 Å². The Morgan fingerprint density at radius 2 is 2.17 bits per heavy atom. The van der Waals surface area contributed by atoms with Crippen molar-refractivity contribution in [3.63, 3.8) is 0 Å². The Bertz CT molecular complexity index is 609. The van der Waals surface area contributed by atoms with Crippen LogP contribution >= 0.6 is 0 Å². The highest BCUT2D eigenvalue weighted by Gasteiger charge is 2.47. The van der Waals surface area contributed by atoms with Gasteiger partial charge in [-0.25, -0.2) is 14.8 Å². The molecule has 7 nitrogen and oxygen atoms in total. The number of aromatic nitrogens is 2. The topological polar surface area (TPSA) is 76.6 Å². The molecule has 1 atom stereocenters. The van der Waals surface area contributed by atoms with Crippen molar-refractivity contribution in [2.75, 3.05) is 31.2 Å². The van der Waals surface area contributed by atoms with Crippen molar-refractivity contribution in [2.45, 2.75) is 44.2 Å². The van der Waals surface area contributed by atoms with E-state index in [9.17, 15) is 4.79 Å². The molecule has 3 aliphatic heterocycles. The van der Waals surface area contributed by atoms with E-state index in [2.05, 4.69) is 15.3 Å². The largest absolute Gasteiger partial charge is 0.440 e. The maximum atomic E-state index is 12.4. The van der Waals surface area contributed by atoms with Crippen molar-refractivity contribution in [2.24, 2.45) is 0 Å². The molecule has 0 aliphatic carbocycles. The lowest BCUT2D eigenvalue weighted by atomic mass is 9.94. The summed E-state index contributed by atoms with van der Waals surface area (Å²) in [5.74, 6) is 1.42. The van der Waals surface area contributed by atoms with Crippen molar-refractivity contribution in [3.8, 4) is 0 Å². The van der Waals surface area contributed by atoms with Gasteiger partial charge < -0.3 is 14.8 Å². The van der Waals surface area contributed by atoms with E-state index >= 15 is 0 Å². The smallest absolute Gasteiger partial charge is 0.416 e. The van der Waals surface area contributed by atoms with Crippen molar-refractivity contribution in [1.82, 2.24) is 15.3 Å². The van der Waals surface area contributed by atoms with E-state index in [-0.39, 0.29) is 12.1 Å². The minimum Gasteiger partial charge on any atom is -0.440 e. The molecule has 0 unspecified atom stereocenters. The van der Waals surface area contributed by atoms with Crippen LogP contribution in [0.3, 0.4) is 0 Å². The van der Waals surface area contributed by atoms with Crippen LogP contribution in [0.15, 0.2) is 6.07 Å². The fraction of sp³-hybridized carbons (Fsp3) is 0.688. The number of ether oxygens (including phenoxy) is 2. The van der Waals surface area contributed by atoms with Gasteiger partial charge in [0.05, 0.1) is 25.8 Å². The van der Waals surface area contributed by atoms with Crippen LogP contribution in [0, 0.1) is 6.92 Å². The average Bonchev–Trinajstić information content (AvgIpc) is 3.16. The van der Waals surface area contributed by atoms with Crippen LogP contribution in [-0.2, 0) is 9.47 Å². The molecular weight excluding hydrogens is 296 g/mol. The zero-order chi connectivity index (χ0) is 15.9. The standard InChI is InChI=1S/C16H22N4O3/c1-11-9-13(19-14(18-11)12-3-2-6-17-12)20-10-16(23-15(20)21)4-7-22-8-5-16/h9,12,17H,2-8,10H2,1H3/t12-/m0/s1. The van der Waals surface area contributed by atoms with E-state index in [1.807, 2.05) is 13.0 Å². The highest BCUT2D eigenvalue weighted by atomic mass is 16.6. The van der Waals surface area contributed by atoms with Crippen molar-refractivity contribution in [1.29, 1.82) is 0 Å². The zero-order valence-corrected chi connectivity index (χ0v) is 13.4. The Morgan fingerprint density at radius 3 is 2.91 bits per heavy atom. The third-order valence-corrected chi connectivity index (χ3v) is 4.88. The van der Waals surface area contributed by atoms with E-state index in [0.29, 0.717) is 25.6 Å². The van der Waals surface area contributed by atoms with Gasteiger partial charge in [0.2, 0.25) is 0 Å². The monoisotopic (exact) mass is 318 g/mol. The fourth-order valence-corrected chi connectivity index (χ4v) is 3.58. The van der Waals surface area contributed by atoms with Gasteiger partial charge in [-0.15, -0.1) is 0 Å². The first-order valence-corrected chi connectivity index (χ1v) is 8.32. The Balaban J connectivity index is 1.61. The Labute approximate surface area is 135 Å². The quantitative estimate of drug-likeness (QED) is 0.894. The number of hydrogen-bond donors (Lipinski definition) is 1. The molecule has 3 saturated heterocycles. The maximum Gasteiger partial charge on any atom is 0.416 e. The molecule has 0 bridgehead atoms. The number of nitrogens with zero attached hydrogens (tertiary/aromatic N) is 3. The molecule has 4 rings (SSSR count). The van der Waals surface area contributed by atoms with Crippen LogP contribution in [0.25, 0.3) is 0 Å². The molecule has 124 valence electrons. The summed E-state index contributed by atoms with van der Waals surface area (Å²) in [5, 5.41) is 3.41. The van der Waals surface area contributed by atoms with Gasteiger partial charge in [0.1, 0.15) is 17.2 Å². The molecule has 4 heterocycles. The van der Waals surface area contributed by atoms with Crippen LogP contribution in [0.1, 0.15) is 43.2 Å². The molecule has 0 saturated carbocycles. The lowest BCUT2D eigenvalue weighted by Gasteiger charge is -2.30. The van der Waals surface area contributed by atoms with Gasteiger partial charge in [-0.05, 0) is 26.3 Å². The first-order valence-electron chi connectivity index (χ1n) is 8.32. The Morgan fingerprint density at radius 1 is 1.35 bits per heavy atom. The molecule has 1 amide bonds. The molecule has 7 heteroatoms. The highest BCUT2D eigenvalue weighted by molar-refractivity contribution is 5.89. The zero-order valence-electron chi connectivity index (χ0n) is 13.4. The number of nitrogens with one attached hydrogen (secondary N) is 1. The second kappa shape index (κ2) is 5.72. The maximum absolute atomic E-state index is 12.4. The number of rotatable bonds is 2. The first-order chi connectivity index (χ1) is 11.2. The Kier molecular flexibility index (Phi) is 3.69. The van der Waals surface area contributed by atoms with E-state index in [4.69, 9.17) is 9.47 Å². The number of anilines is 1. The van der Waals surface area contributed by atoms with Crippen molar-refractivity contribution < 1.29 is 14.3 Å².